The highest BCUT2D eigenvalue weighted by Crippen LogP contribution is 2.35. The zero-order valence-electron chi connectivity index (χ0n) is 16.1. The Hall–Kier alpha value is -2.07. The largest absolute Gasteiger partial charge is 0.370 e. The molecule has 1 N–H and O–H groups in total. The average Bonchev–Trinajstić information content (AvgIpc) is 3.07. The van der Waals surface area contributed by atoms with Crippen molar-refractivity contribution in [1.82, 2.24) is 9.88 Å². The summed E-state index contributed by atoms with van der Waals surface area (Å²) >= 11 is 0. The molecule has 5 rings (SSSR count). The van der Waals surface area contributed by atoms with Crippen molar-refractivity contribution in [2.24, 2.45) is 0 Å². The van der Waals surface area contributed by atoms with Gasteiger partial charge in [-0.1, -0.05) is 23.8 Å². The second kappa shape index (κ2) is 6.52. The quantitative estimate of drug-likeness (QED) is 0.763. The number of nitrogens with one attached hydrogen (secondary N) is 1. The Morgan fingerprint density at radius 3 is 2.78 bits per heavy atom. The lowest BCUT2D eigenvalue weighted by Crippen LogP contribution is -2.48. The zero-order valence-corrected chi connectivity index (χ0v) is 16.1. The summed E-state index contributed by atoms with van der Waals surface area (Å²) in [6, 6.07) is 6.19. The normalized spacial score (nSPS) is 22.0. The van der Waals surface area contributed by atoms with Gasteiger partial charge in [0.15, 0.2) is 0 Å². The van der Waals surface area contributed by atoms with Gasteiger partial charge in [-0.25, -0.2) is 0 Å². The molecule has 1 aliphatic carbocycles. The minimum atomic E-state index is -0.142. The predicted molar refractivity (Wildman–Crippen MR) is 107 cm³/mol. The number of benzene rings is 1. The number of hydrogen-bond acceptors (Lipinski definition) is 2. The van der Waals surface area contributed by atoms with Crippen LogP contribution >= 0.6 is 0 Å². The number of ether oxygens (including phenoxy) is 1. The molecule has 1 aromatic carbocycles. The van der Waals surface area contributed by atoms with Crippen molar-refractivity contribution in [1.29, 1.82) is 0 Å². The third-order valence-electron chi connectivity index (χ3n) is 6.66. The molecule has 3 heterocycles. The zero-order chi connectivity index (χ0) is 18.4. The fraction of sp³-hybridized carbons (Fsp3) is 0.522. The van der Waals surface area contributed by atoms with Gasteiger partial charge in [-0.3, -0.25) is 4.79 Å². The number of nitrogens with zero attached hydrogens (tertiary/aromatic N) is 1. The van der Waals surface area contributed by atoms with Crippen molar-refractivity contribution in [3.05, 3.63) is 46.7 Å². The molecule has 2 aromatic rings. The number of amides is 1. The summed E-state index contributed by atoms with van der Waals surface area (Å²) in [5.41, 5.74) is 5.91. The third kappa shape index (κ3) is 2.91. The highest BCUT2D eigenvalue weighted by atomic mass is 16.5. The third-order valence-corrected chi connectivity index (χ3v) is 6.66. The van der Waals surface area contributed by atoms with Gasteiger partial charge in [0.25, 0.3) is 5.91 Å². The van der Waals surface area contributed by atoms with Gasteiger partial charge in [0, 0.05) is 24.2 Å². The molecular weight excluding hydrogens is 336 g/mol. The molecule has 1 aromatic heterocycles. The van der Waals surface area contributed by atoms with Gasteiger partial charge in [0.1, 0.15) is 0 Å². The van der Waals surface area contributed by atoms with Crippen LogP contribution in [0, 0.1) is 0 Å². The fourth-order valence-electron chi connectivity index (χ4n) is 5.13. The molecule has 3 aliphatic rings. The molecular formula is C23H28N2O2. The smallest absolute Gasteiger partial charge is 0.255 e. The monoisotopic (exact) mass is 364 g/mol. The first kappa shape index (κ1) is 17.1. The minimum Gasteiger partial charge on any atom is -0.370 e. The number of fused-ring (bicyclic) bond motifs is 3. The molecule has 0 radical (unpaired) electrons. The maximum absolute atomic E-state index is 13.3. The molecule has 1 amide bonds. The number of piperidine rings is 1. The molecule has 4 nitrogen and oxygen atoms in total. The SMILES string of the molecule is CC1=CC2(CCN(C(=O)c3cccc4c5c([nH]c34)CCCC5)CC2)OCC1. The lowest BCUT2D eigenvalue weighted by Gasteiger charge is -2.42. The van der Waals surface area contributed by atoms with Crippen molar-refractivity contribution in [2.75, 3.05) is 19.7 Å². The Kier molecular flexibility index (Phi) is 4.12. The molecule has 1 saturated heterocycles. The van der Waals surface area contributed by atoms with E-state index in [4.69, 9.17) is 4.74 Å². The van der Waals surface area contributed by atoms with Crippen LogP contribution in [0.5, 0.6) is 0 Å². The van der Waals surface area contributed by atoms with Crippen LogP contribution in [0.25, 0.3) is 10.9 Å². The summed E-state index contributed by atoms with van der Waals surface area (Å²) in [5, 5.41) is 1.25. The summed E-state index contributed by atoms with van der Waals surface area (Å²) in [4.78, 5) is 18.9. The van der Waals surface area contributed by atoms with E-state index in [0.29, 0.717) is 0 Å². The molecule has 0 saturated carbocycles. The van der Waals surface area contributed by atoms with Crippen LogP contribution in [0.2, 0.25) is 0 Å². The van der Waals surface area contributed by atoms with Crippen LogP contribution in [0.4, 0.5) is 0 Å². The maximum Gasteiger partial charge on any atom is 0.255 e. The van der Waals surface area contributed by atoms with E-state index in [1.165, 1.54) is 35.1 Å². The first-order valence-corrected chi connectivity index (χ1v) is 10.4. The average molecular weight is 364 g/mol. The molecule has 0 bridgehead atoms. The van der Waals surface area contributed by atoms with E-state index in [1.807, 2.05) is 17.0 Å². The maximum atomic E-state index is 13.3. The lowest BCUT2D eigenvalue weighted by molar-refractivity contribution is -0.0521. The Morgan fingerprint density at radius 2 is 1.96 bits per heavy atom. The number of para-hydroxylation sites is 1. The van der Waals surface area contributed by atoms with E-state index in [0.717, 1.165) is 62.9 Å². The van der Waals surface area contributed by atoms with Gasteiger partial charge in [-0.2, -0.15) is 0 Å². The standard InChI is InChI=1S/C23H28N2O2/c1-16-9-14-27-23(15-16)10-12-25(13-11-23)22(26)19-7-4-6-18-17-5-2-3-8-20(17)24-21(18)19/h4,6-7,15,24H,2-3,5,8-14H2,1H3. The van der Waals surface area contributed by atoms with Crippen molar-refractivity contribution in [3.63, 3.8) is 0 Å². The molecule has 142 valence electrons. The van der Waals surface area contributed by atoms with Crippen molar-refractivity contribution in [3.8, 4) is 0 Å². The summed E-state index contributed by atoms with van der Waals surface area (Å²) in [7, 11) is 0. The number of likely N-dealkylation sites (tertiary alicyclic amines) is 1. The van der Waals surface area contributed by atoms with Crippen LogP contribution in [0.1, 0.15) is 60.6 Å². The lowest BCUT2D eigenvalue weighted by atomic mass is 9.86. The summed E-state index contributed by atoms with van der Waals surface area (Å²) < 4.78 is 6.12. The second-order valence-corrected chi connectivity index (χ2v) is 8.46. The number of aryl methyl sites for hydroxylation is 2. The number of aromatic nitrogens is 1. The second-order valence-electron chi connectivity index (χ2n) is 8.46. The Balaban J connectivity index is 1.41. The molecule has 4 heteroatoms. The van der Waals surface area contributed by atoms with Gasteiger partial charge < -0.3 is 14.6 Å². The van der Waals surface area contributed by atoms with Crippen LogP contribution in [-0.4, -0.2) is 41.1 Å². The Morgan fingerprint density at radius 1 is 1.15 bits per heavy atom. The predicted octanol–water partition coefficient (Wildman–Crippen LogP) is 4.39. The number of H-pyrrole nitrogens is 1. The van der Waals surface area contributed by atoms with Crippen LogP contribution in [-0.2, 0) is 17.6 Å². The summed E-state index contributed by atoms with van der Waals surface area (Å²) in [6.45, 7) is 4.53. The van der Waals surface area contributed by atoms with Gasteiger partial charge in [-0.15, -0.1) is 0 Å². The van der Waals surface area contributed by atoms with E-state index >= 15 is 0 Å². The Labute approximate surface area is 160 Å². The highest BCUT2D eigenvalue weighted by Gasteiger charge is 2.37. The number of carbonyl (C=O) groups is 1. The van der Waals surface area contributed by atoms with E-state index < -0.39 is 0 Å². The van der Waals surface area contributed by atoms with Gasteiger partial charge in [-0.05, 0) is 63.5 Å². The van der Waals surface area contributed by atoms with Gasteiger partial charge in [0.05, 0.1) is 23.3 Å². The van der Waals surface area contributed by atoms with E-state index in [9.17, 15) is 4.79 Å². The number of rotatable bonds is 1. The molecule has 27 heavy (non-hydrogen) atoms. The number of carbonyl (C=O) groups excluding carboxylic acids is 1. The summed E-state index contributed by atoms with van der Waals surface area (Å²) in [5.74, 6) is 0.158. The van der Waals surface area contributed by atoms with Crippen LogP contribution in [0.3, 0.4) is 0 Å². The molecule has 0 atom stereocenters. The van der Waals surface area contributed by atoms with Crippen molar-refractivity contribution >= 4 is 16.8 Å². The van der Waals surface area contributed by atoms with Crippen molar-refractivity contribution < 1.29 is 9.53 Å². The summed E-state index contributed by atoms with van der Waals surface area (Å²) in [6.07, 6.45) is 9.85. The minimum absolute atomic E-state index is 0.142. The first-order chi connectivity index (χ1) is 13.2. The molecule has 0 unspecified atom stereocenters. The molecule has 1 fully saturated rings. The van der Waals surface area contributed by atoms with E-state index in [-0.39, 0.29) is 11.5 Å². The van der Waals surface area contributed by atoms with Crippen molar-refractivity contribution in [2.45, 2.75) is 57.5 Å². The number of hydrogen-bond donors (Lipinski definition) is 1. The first-order valence-electron chi connectivity index (χ1n) is 10.4. The van der Waals surface area contributed by atoms with Crippen LogP contribution < -0.4 is 0 Å². The molecule has 1 spiro atoms. The molecule has 2 aliphatic heterocycles. The Bertz CT molecular complexity index is 916. The van der Waals surface area contributed by atoms with E-state index in [1.54, 1.807) is 0 Å². The van der Waals surface area contributed by atoms with E-state index in [2.05, 4.69) is 24.1 Å². The fourth-order valence-corrected chi connectivity index (χ4v) is 5.13. The van der Waals surface area contributed by atoms with Crippen LogP contribution in [0.15, 0.2) is 29.8 Å². The van der Waals surface area contributed by atoms with Gasteiger partial charge in [0.2, 0.25) is 0 Å². The van der Waals surface area contributed by atoms with Gasteiger partial charge >= 0.3 is 0 Å². The number of aromatic amines is 1. The topological polar surface area (TPSA) is 45.3 Å². The highest BCUT2D eigenvalue weighted by molar-refractivity contribution is 6.06.